The lowest BCUT2D eigenvalue weighted by Crippen LogP contribution is -2.54. The summed E-state index contributed by atoms with van der Waals surface area (Å²) >= 11 is 4.87. The van der Waals surface area contributed by atoms with Crippen molar-refractivity contribution in [2.75, 3.05) is 13.2 Å². The van der Waals surface area contributed by atoms with Gasteiger partial charge in [-0.1, -0.05) is 30.3 Å². The molecule has 1 fully saturated rings. The standard InChI is InChI=1S/C31H41BrN2O7S/c1-19(18-39-23-15-11-12-16-38-23)40-22(21-13-9-8-10-14-21)17-33-27-24(20(2)25(32)42-27)26(35)34(29(33)37)31(6,7)28(36)41-30(3,4)5/h8-10,13-14,19,22-23H,11-12,15-18H2,1-7H3/t19-,22+,23?/m1/s1. The number of aromatic nitrogens is 2. The third-order valence-electron chi connectivity index (χ3n) is 7.18. The topological polar surface area (TPSA) is 98.0 Å². The number of esters is 1. The van der Waals surface area contributed by atoms with Crippen molar-refractivity contribution in [1.82, 2.24) is 9.13 Å². The van der Waals surface area contributed by atoms with Crippen LogP contribution in [0.5, 0.6) is 0 Å². The minimum Gasteiger partial charge on any atom is -0.458 e. The molecule has 9 nitrogen and oxygen atoms in total. The molecule has 1 saturated heterocycles. The van der Waals surface area contributed by atoms with Crippen LogP contribution in [0, 0.1) is 6.92 Å². The molecular weight excluding hydrogens is 624 g/mol. The molecule has 1 aromatic carbocycles. The van der Waals surface area contributed by atoms with Gasteiger partial charge in [-0.25, -0.2) is 14.2 Å². The third kappa shape index (κ3) is 7.24. The lowest BCUT2D eigenvalue weighted by Gasteiger charge is -2.30. The van der Waals surface area contributed by atoms with E-state index in [1.165, 1.54) is 25.2 Å². The van der Waals surface area contributed by atoms with Crippen molar-refractivity contribution in [3.05, 3.63) is 66.1 Å². The summed E-state index contributed by atoms with van der Waals surface area (Å²) in [7, 11) is 0. The van der Waals surface area contributed by atoms with E-state index in [9.17, 15) is 14.4 Å². The molecule has 0 saturated carbocycles. The molecule has 11 heteroatoms. The summed E-state index contributed by atoms with van der Waals surface area (Å²) in [6.07, 6.45) is 1.85. The van der Waals surface area contributed by atoms with Crippen molar-refractivity contribution in [1.29, 1.82) is 0 Å². The Labute approximate surface area is 258 Å². The van der Waals surface area contributed by atoms with Gasteiger partial charge in [-0.3, -0.25) is 9.36 Å². The van der Waals surface area contributed by atoms with E-state index >= 15 is 0 Å². The summed E-state index contributed by atoms with van der Waals surface area (Å²) in [4.78, 5) is 42.0. The van der Waals surface area contributed by atoms with Gasteiger partial charge in [0.15, 0.2) is 6.29 Å². The van der Waals surface area contributed by atoms with E-state index in [1.54, 1.807) is 25.3 Å². The number of nitrogens with zero attached hydrogens (tertiary/aromatic N) is 2. The predicted molar refractivity (Wildman–Crippen MR) is 167 cm³/mol. The van der Waals surface area contributed by atoms with Crippen LogP contribution in [-0.4, -0.2) is 46.3 Å². The summed E-state index contributed by atoms with van der Waals surface area (Å²) < 4.78 is 27.1. The third-order valence-corrected chi connectivity index (χ3v) is 9.37. The molecule has 3 aromatic rings. The molecule has 0 bridgehead atoms. The number of halogens is 1. The second-order valence-electron chi connectivity index (χ2n) is 12.3. The lowest BCUT2D eigenvalue weighted by atomic mass is 10.0. The first-order chi connectivity index (χ1) is 19.7. The van der Waals surface area contributed by atoms with E-state index in [2.05, 4.69) is 15.9 Å². The largest absolute Gasteiger partial charge is 0.458 e. The number of ether oxygens (including phenoxy) is 4. The molecule has 1 aliphatic heterocycles. The van der Waals surface area contributed by atoms with Crippen LogP contribution in [0.3, 0.4) is 0 Å². The number of hydrogen-bond acceptors (Lipinski definition) is 8. The monoisotopic (exact) mass is 664 g/mol. The van der Waals surface area contributed by atoms with Crippen LogP contribution in [0.25, 0.3) is 10.2 Å². The van der Waals surface area contributed by atoms with Crippen LogP contribution in [0.4, 0.5) is 0 Å². The smallest absolute Gasteiger partial charge is 0.333 e. The Morgan fingerprint density at radius 3 is 2.45 bits per heavy atom. The van der Waals surface area contributed by atoms with Gasteiger partial charge in [0.1, 0.15) is 22.1 Å². The number of fused-ring (bicyclic) bond motifs is 1. The number of rotatable bonds is 10. The Hall–Kier alpha value is -2.31. The highest BCUT2D eigenvalue weighted by Crippen LogP contribution is 2.34. The highest BCUT2D eigenvalue weighted by atomic mass is 79.9. The summed E-state index contributed by atoms with van der Waals surface area (Å²) in [5.41, 5.74) is -1.93. The number of carbonyl (C=O) groups excluding carboxylic acids is 1. The number of benzene rings is 1. The molecule has 0 radical (unpaired) electrons. The molecule has 0 aliphatic carbocycles. The second-order valence-corrected chi connectivity index (χ2v) is 14.6. The quantitative estimate of drug-likeness (QED) is 0.243. The lowest BCUT2D eigenvalue weighted by molar-refractivity contribution is -0.183. The maximum absolute atomic E-state index is 14.2. The van der Waals surface area contributed by atoms with Crippen molar-refractivity contribution in [3.8, 4) is 0 Å². The minimum atomic E-state index is -1.57. The van der Waals surface area contributed by atoms with Gasteiger partial charge in [0, 0.05) is 6.61 Å². The van der Waals surface area contributed by atoms with Crippen LogP contribution >= 0.6 is 27.3 Å². The first kappa shape index (κ1) is 32.6. The average Bonchev–Trinajstić information content (AvgIpc) is 3.23. The molecule has 1 unspecified atom stereocenters. The van der Waals surface area contributed by atoms with Crippen LogP contribution in [0.15, 0.2) is 43.7 Å². The van der Waals surface area contributed by atoms with Crippen molar-refractivity contribution >= 4 is 43.5 Å². The van der Waals surface area contributed by atoms with E-state index < -0.39 is 34.5 Å². The van der Waals surface area contributed by atoms with E-state index in [0.717, 1.165) is 33.2 Å². The molecule has 4 rings (SSSR count). The fourth-order valence-corrected chi connectivity index (χ4v) is 6.62. The molecule has 1 aliphatic rings. The fraction of sp³-hybridized carbons (Fsp3) is 0.581. The zero-order valence-corrected chi connectivity index (χ0v) is 27.8. The van der Waals surface area contributed by atoms with Crippen LogP contribution in [0.2, 0.25) is 0 Å². The molecule has 3 atom stereocenters. The summed E-state index contributed by atoms with van der Waals surface area (Å²) in [6, 6.07) is 9.64. The number of carbonyl (C=O) groups is 1. The minimum absolute atomic E-state index is 0.112. The Bertz CT molecular complexity index is 1510. The van der Waals surface area contributed by atoms with Crippen molar-refractivity contribution in [2.24, 2.45) is 0 Å². The van der Waals surface area contributed by atoms with Gasteiger partial charge in [-0.05, 0) is 94.8 Å². The average molecular weight is 666 g/mol. The summed E-state index contributed by atoms with van der Waals surface area (Å²) in [5, 5.41) is 0.376. The van der Waals surface area contributed by atoms with Crippen molar-refractivity contribution < 1.29 is 23.7 Å². The number of aryl methyl sites for hydroxylation is 1. The normalized spacial score (nSPS) is 17.8. The van der Waals surface area contributed by atoms with E-state index in [4.69, 9.17) is 18.9 Å². The maximum atomic E-state index is 14.2. The first-order valence-corrected chi connectivity index (χ1v) is 15.9. The molecule has 42 heavy (non-hydrogen) atoms. The maximum Gasteiger partial charge on any atom is 0.333 e. The fourth-order valence-electron chi connectivity index (χ4n) is 4.93. The van der Waals surface area contributed by atoms with Gasteiger partial charge in [0.05, 0.1) is 28.4 Å². The van der Waals surface area contributed by atoms with Crippen LogP contribution in [0.1, 0.15) is 78.0 Å². The van der Waals surface area contributed by atoms with Crippen molar-refractivity contribution in [2.45, 2.75) is 104 Å². The molecule has 3 heterocycles. The Morgan fingerprint density at radius 2 is 1.83 bits per heavy atom. The first-order valence-electron chi connectivity index (χ1n) is 14.3. The number of thiophene rings is 1. The molecular formula is C31H41BrN2O7S. The predicted octanol–water partition coefficient (Wildman–Crippen LogP) is 6.06. The van der Waals surface area contributed by atoms with Gasteiger partial charge in [0.25, 0.3) is 5.56 Å². The zero-order chi connectivity index (χ0) is 30.8. The molecule has 0 spiro atoms. The second kappa shape index (κ2) is 13.1. The van der Waals surface area contributed by atoms with Gasteiger partial charge in [-0.15, -0.1) is 11.3 Å². The van der Waals surface area contributed by atoms with E-state index in [-0.39, 0.29) is 18.9 Å². The van der Waals surface area contributed by atoms with Crippen molar-refractivity contribution in [3.63, 3.8) is 0 Å². The molecule has 230 valence electrons. The van der Waals surface area contributed by atoms with E-state index in [1.807, 2.05) is 44.2 Å². The van der Waals surface area contributed by atoms with Crippen LogP contribution < -0.4 is 11.2 Å². The van der Waals surface area contributed by atoms with Gasteiger partial charge >= 0.3 is 11.7 Å². The molecule has 2 aromatic heterocycles. The summed E-state index contributed by atoms with van der Waals surface area (Å²) in [6.45, 7) is 13.2. The SMILES string of the molecule is Cc1c(Br)sc2c1c(=O)n(C(C)(C)C(=O)OC(C)(C)C)c(=O)n2C[C@H](O[C@H](C)COC1CCCCO1)c1ccccc1. The molecule has 0 amide bonds. The highest BCUT2D eigenvalue weighted by molar-refractivity contribution is 9.11. The van der Waals surface area contributed by atoms with E-state index in [0.29, 0.717) is 29.0 Å². The molecule has 0 N–H and O–H groups in total. The van der Waals surface area contributed by atoms with Gasteiger partial charge in [0.2, 0.25) is 0 Å². The highest BCUT2D eigenvalue weighted by Gasteiger charge is 2.39. The summed E-state index contributed by atoms with van der Waals surface area (Å²) in [5.74, 6) is -0.668. The Morgan fingerprint density at radius 1 is 1.14 bits per heavy atom. The Balaban J connectivity index is 1.77. The number of hydrogen-bond donors (Lipinski definition) is 0. The Kier molecular flexibility index (Phi) is 10.2. The van der Waals surface area contributed by atoms with Crippen LogP contribution in [-0.2, 0) is 35.8 Å². The zero-order valence-electron chi connectivity index (χ0n) is 25.4. The van der Waals surface area contributed by atoms with Gasteiger partial charge in [-0.2, -0.15) is 0 Å². The van der Waals surface area contributed by atoms with Gasteiger partial charge < -0.3 is 18.9 Å².